The summed E-state index contributed by atoms with van der Waals surface area (Å²) in [5.41, 5.74) is 3.64. The molecule has 1 heterocycles. The zero-order valence-corrected chi connectivity index (χ0v) is 8.63. The molecule has 1 aromatic rings. The second kappa shape index (κ2) is 3.45. The molecular weight excluding hydrogens is 174 g/mol. The zero-order chi connectivity index (χ0) is 10.1. The van der Waals surface area contributed by atoms with Gasteiger partial charge in [-0.1, -0.05) is 17.7 Å². The minimum atomic E-state index is -0.0426. The number of carbonyl (C=O) groups excluding carboxylic acids is 1. The van der Waals surface area contributed by atoms with Crippen molar-refractivity contribution in [2.75, 3.05) is 5.32 Å². The van der Waals surface area contributed by atoms with Gasteiger partial charge in [-0.15, -0.1) is 0 Å². The molecule has 1 aromatic carbocycles. The van der Waals surface area contributed by atoms with Crippen LogP contribution in [0.5, 0.6) is 0 Å². The minimum Gasteiger partial charge on any atom is -0.375 e. The molecule has 0 aliphatic carbocycles. The molecule has 1 atom stereocenters. The first kappa shape index (κ1) is 9.25. The molecule has 0 spiro atoms. The molecule has 1 N–H and O–H groups in total. The van der Waals surface area contributed by atoms with Crippen LogP contribution in [-0.4, -0.2) is 11.8 Å². The quantitative estimate of drug-likeness (QED) is 0.678. The Labute approximate surface area is 84.3 Å². The molecule has 14 heavy (non-hydrogen) atoms. The first-order chi connectivity index (χ1) is 6.66. The highest BCUT2D eigenvalue weighted by atomic mass is 16.1. The summed E-state index contributed by atoms with van der Waals surface area (Å²) in [6.45, 7) is 4.01. The molecule has 0 aromatic heterocycles. The molecule has 0 amide bonds. The molecule has 74 valence electrons. The van der Waals surface area contributed by atoms with Crippen molar-refractivity contribution in [3.63, 3.8) is 0 Å². The van der Waals surface area contributed by atoms with Crippen molar-refractivity contribution in [3.8, 4) is 0 Å². The Morgan fingerprint density at radius 3 is 2.93 bits per heavy atom. The lowest BCUT2D eigenvalue weighted by Gasteiger charge is -2.12. The van der Waals surface area contributed by atoms with E-state index in [9.17, 15) is 4.79 Å². The highest BCUT2D eigenvalue weighted by Crippen LogP contribution is 2.23. The van der Waals surface area contributed by atoms with Crippen LogP contribution >= 0.6 is 0 Å². The fraction of sp³-hybridized carbons (Fsp3) is 0.417. The first-order valence-electron chi connectivity index (χ1n) is 5.05. The van der Waals surface area contributed by atoms with E-state index in [0.29, 0.717) is 12.2 Å². The molecule has 0 saturated carbocycles. The van der Waals surface area contributed by atoms with E-state index in [1.807, 2.05) is 6.92 Å². The van der Waals surface area contributed by atoms with Crippen LogP contribution in [0.1, 0.15) is 24.5 Å². The Morgan fingerprint density at radius 1 is 1.36 bits per heavy atom. The van der Waals surface area contributed by atoms with E-state index < -0.39 is 0 Å². The number of nitrogens with one attached hydrogen (secondary N) is 1. The van der Waals surface area contributed by atoms with Gasteiger partial charge < -0.3 is 5.32 Å². The van der Waals surface area contributed by atoms with Gasteiger partial charge in [-0.05, 0) is 31.9 Å². The summed E-state index contributed by atoms with van der Waals surface area (Å²) in [5, 5.41) is 3.25. The van der Waals surface area contributed by atoms with E-state index >= 15 is 0 Å². The molecule has 0 bridgehead atoms. The molecule has 2 heteroatoms. The molecule has 1 unspecified atom stereocenters. The molecule has 1 aliphatic heterocycles. The standard InChI is InChI=1S/C12H15NO/c1-8-3-5-11-10(7-8)4-6-12(14)9(2)13-11/h3,5,7,9,13H,4,6H2,1-2H3. The van der Waals surface area contributed by atoms with Gasteiger partial charge in [0.25, 0.3) is 0 Å². The van der Waals surface area contributed by atoms with E-state index in [0.717, 1.165) is 12.1 Å². The molecule has 2 rings (SSSR count). The van der Waals surface area contributed by atoms with Crippen LogP contribution in [-0.2, 0) is 11.2 Å². The minimum absolute atomic E-state index is 0.0426. The van der Waals surface area contributed by atoms with Crippen molar-refractivity contribution in [2.24, 2.45) is 0 Å². The van der Waals surface area contributed by atoms with E-state index in [4.69, 9.17) is 0 Å². The predicted molar refractivity (Wildman–Crippen MR) is 57.6 cm³/mol. The lowest BCUT2D eigenvalue weighted by Crippen LogP contribution is -2.24. The van der Waals surface area contributed by atoms with Gasteiger partial charge in [0.1, 0.15) is 0 Å². The van der Waals surface area contributed by atoms with Crippen molar-refractivity contribution in [1.29, 1.82) is 0 Å². The number of benzene rings is 1. The fourth-order valence-electron chi connectivity index (χ4n) is 1.86. The third-order valence-corrected chi connectivity index (χ3v) is 2.76. The number of Topliss-reactive ketones (excluding diaryl/α,β-unsaturated/α-hetero) is 1. The topological polar surface area (TPSA) is 29.1 Å². The first-order valence-corrected chi connectivity index (χ1v) is 5.05. The van der Waals surface area contributed by atoms with E-state index in [-0.39, 0.29) is 6.04 Å². The Balaban J connectivity index is 2.37. The van der Waals surface area contributed by atoms with E-state index in [1.165, 1.54) is 11.1 Å². The predicted octanol–water partition coefficient (Wildman–Crippen LogP) is 2.31. The fourth-order valence-corrected chi connectivity index (χ4v) is 1.86. The summed E-state index contributed by atoms with van der Waals surface area (Å²) >= 11 is 0. The van der Waals surface area contributed by atoms with Crippen LogP contribution in [0, 0.1) is 6.92 Å². The van der Waals surface area contributed by atoms with Gasteiger partial charge in [0.15, 0.2) is 5.78 Å². The second-order valence-electron chi connectivity index (χ2n) is 3.99. The SMILES string of the molecule is Cc1ccc2c(c1)CCC(=O)C(C)N2. The van der Waals surface area contributed by atoms with Gasteiger partial charge in [-0.25, -0.2) is 0 Å². The number of carbonyl (C=O) groups is 1. The number of hydrogen-bond acceptors (Lipinski definition) is 2. The number of fused-ring (bicyclic) bond motifs is 1. The van der Waals surface area contributed by atoms with Crippen molar-refractivity contribution in [1.82, 2.24) is 0 Å². The third kappa shape index (κ3) is 1.65. The summed E-state index contributed by atoms with van der Waals surface area (Å²) in [4.78, 5) is 11.5. The second-order valence-corrected chi connectivity index (χ2v) is 3.99. The van der Waals surface area contributed by atoms with Gasteiger partial charge >= 0.3 is 0 Å². The lowest BCUT2D eigenvalue weighted by atomic mass is 10.0. The molecule has 0 fully saturated rings. The lowest BCUT2D eigenvalue weighted by molar-refractivity contribution is -0.119. The maximum Gasteiger partial charge on any atom is 0.155 e. The number of hydrogen-bond donors (Lipinski definition) is 1. The number of ketones is 1. The smallest absolute Gasteiger partial charge is 0.155 e. The summed E-state index contributed by atoms with van der Waals surface area (Å²) in [6, 6.07) is 6.26. The largest absolute Gasteiger partial charge is 0.375 e. The van der Waals surface area contributed by atoms with Crippen LogP contribution in [0.2, 0.25) is 0 Å². The third-order valence-electron chi connectivity index (χ3n) is 2.76. The summed E-state index contributed by atoms with van der Waals surface area (Å²) in [6.07, 6.45) is 1.53. The van der Waals surface area contributed by atoms with Crippen molar-refractivity contribution < 1.29 is 4.79 Å². The van der Waals surface area contributed by atoms with Crippen molar-refractivity contribution in [2.45, 2.75) is 32.7 Å². The average molecular weight is 189 g/mol. The highest BCUT2D eigenvalue weighted by molar-refractivity contribution is 5.88. The number of rotatable bonds is 0. The highest BCUT2D eigenvalue weighted by Gasteiger charge is 2.18. The Bertz CT molecular complexity index is 371. The molecule has 1 aliphatic rings. The maximum atomic E-state index is 11.5. The van der Waals surface area contributed by atoms with Crippen LogP contribution < -0.4 is 5.32 Å². The average Bonchev–Trinajstić information content (AvgIpc) is 2.29. The molecule has 2 nitrogen and oxygen atoms in total. The maximum absolute atomic E-state index is 11.5. The van der Waals surface area contributed by atoms with E-state index in [2.05, 4.69) is 30.4 Å². The number of anilines is 1. The normalized spacial score (nSPS) is 21.0. The van der Waals surface area contributed by atoms with Crippen LogP contribution in [0.15, 0.2) is 18.2 Å². The van der Waals surface area contributed by atoms with Crippen molar-refractivity contribution in [3.05, 3.63) is 29.3 Å². The van der Waals surface area contributed by atoms with Gasteiger partial charge in [-0.2, -0.15) is 0 Å². The van der Waals surface area contributed by atoms with Crippen molar-refractivity contribution >= 4 is 11.5 Å². The molecular formula is C12H15NO. The molecule has 0 radical (unpaired) electrons. The molecule has 0 saturated heterocycles. The Morgan fingerprint density at radius 2 is 2.14 bits per heavy atom. The number of aryl methyl sites for hydroxylation is 2. The van der Waals surface area contributed by atoms with Crippen LogP contribution in [0.4, 0.5) is 5.69 Å². The summed E-state index contributed by atoms with van der Waals surface area (Å²) < 4.78 is 0. The monoisotopic (exact) mass is 189 g/mol. The van der Waals surface area contributed by atoms with Crippen LogP contribution in [0.3, 0.4) is 0 Å². The van der Waals surface area contributed by atoms with E-state index in [1.54, 1.807) is 0 Å². The van der Waals surface area contributed by atoms with Gasteiger partial charge in [0.05, 0.1) is 6.04 Å². The van der Waals surface area contributed by atoms with Gasteiger partial charge in [0.2, 0.25) is 0 Å². The summed E-state index contributed by atoms with van der Waals surface area (Å²) in [7, 11) is 0. The zero-order valence-electron chi connectivity index (χ0n) is 8.63. The summed E-state index contributed by atoms with van der Waals surface area (Å²) in [5.74, 6) is 0.304. The van der Waals surface area contributed by atoms with Gasteiger partial charge in [0, 0.05) is 12.1 Å². The van der Waals surface area contributed by atoms with Crippen LogP contribution in [0.25, 0.3) is 0 Å². The Kier molecular flexibility index (Phi) is 2.28. The van der Waals surface area contributed by atoms with Gasteiger partial charge in [-0.3, -0.25) is 4.79 Å². The Hall–Kier alpha value is -1.31.